The number of amides is 1. The van der Waals surface area contributed by atoms with Crippen molar-refractivity contribution in [1.82, 2.24) is 5.32 Å². The van der Waals surface area contributed by atoms with Crippen molar-refractivity contribution in [3.8, 4) is 0 Å². The summed E-state index contributed by atoms with van der Waals surface area (Å²) in [6.07, 6.45) is -0.641. The van der Waals surface area contributed by atoms with Crippen LogP contribution in [0.5, 0.6) is 0 Å². The van der Waals surface area contributed by atoms with E-state index in [0.29, 0.717) is 0 Å². The van der Waals surface area contributed by atoms with Crippen LogP contribution in [0.25, 0.3) is 0 Å². The highest BCUT2D eigenvalue weighted by Crippen LogP contribution is 2.18. The summed E-state index contributed by atoms with van der Waals surface area (Å²) >= 11 is 0. The first-order valence-electron chi connectivity index (χ1n) is 6.75. The summed E-state index contributed by atoms with van der Waals surface area (Å²) in [5.41, 5.74) is 4.78. The largest absolute Gasteiger partial charge is 0.444 e. The molecule has 0 aliphatic carbocycles. The van der Waals surface area contributed by atoms with Gasteiger partial charge in [-0.05, 0) is 38.8 Å². The Kier molecular flexibility index (Phi) is 5.81. The SMILES string of the molecule is CC(C)(C)OC(=O)NC(CN)Cc1cc([N+](=O)[O-])ccc1F. The van der Waals surface area contributed by atoms with E-state index in [0.717, 1.165) is 18.2 Å². The number of hydrogen-bond acceptors (Lipinski definition) is 5. The number of nitrogens with zero attached hydrogens (tertiary/aromatic N) is 1. The molecule has 122 valence electrons. The van der Waals surface area contributed by atoms with Crippen LogP contribution in [0.4, 0.5) is 14.9 Å². The van der Waals surface area contributed by atoms with Gasteiger partial charge in [0.15, 0.2) is 0 Å². The Labute approximate surface area is 127 Å². The summed E-state index contributed by atoms with van der Waals surface area (Å²) in [6.45, 7) is 5.18. The second-order valence-electron chi connectivity index (χ2n) is 5.82. The highest BCUT2D eigenvalue weighted by molar-refractivity contribution is 5.68. The Morgan fingerprint density at radius 3 is 2.64 bits per heavy atom. The van der Waals surface area contributed by atoms with Crippen LogP contribution in [0.1, 0.15) is 26.3 Å². The van der Waals surface area contributed by atoms with Gasteiger partial charge in [-0.2, -0.15) is 0 Å². The van der Waals surface area contributed by atoms with Gasteiger partial charge in [0.2, 0.25) is 0 Å². The molecule has 22 heavy (non-hydrogen) atoms. The zero-order chi connectivity index (χ0) is 16.9. The van der Waals surface area contributed by atoms with Crippen molar-refractivity contribution in [2.24, 2.45) is 5.73 Å². The van der Waals surface area contributed by atoms with E-state index in [-0.39, 0.29) is 24.2 Å². The third kappa shape index (κ3) is 5.65. The molecule has 1 aromatic rings. The minimum Gasteiger partial charge on any atom is -0.444 e. The van der Waals surface area contributed by atoms with Gasteiger partial charge < -0.3 is 15.8 Å². The molecule has 0 radical (unpaired) electrons. The van der Waals surface area contributed by atoms with Crippen molar-refractivity contribution in [2.45, 2.75) is 38.8 Å². The number of hydrogen-bond donors (Lipinski definition) is 2. The highest BCUT2D eigenvalue weighted by atomic mass is 19.1. The minimum atomic E-state index is -0.672. The highest BCUT2D eigenvalue weighted by Gasteiger charge is 2.20. The van der Waals surface area contributed by atoms with Gasteiger partial charge in [0.05, 0.1) is 4.92 Å². The molecule has 7 nitrogen and oxygen atoms in total. The first kappa shape index (κ1) is 17.8. The number of benzene rings is 1. The number of carbonyl (C=O) groups is 1. The van der Waals surface area contributed by atoms with Gasteiger partial charge in [-0.1, -0.05) is 0 Å². The average Bonchev–Trinajstić information content (AvgIpc) is 2.37. The molecule has 0 saturated heterocycles. The molecule has 0 heterocycles. The van der Waals surface area contributed by atoms with Gasteiger partial charge in [-0.15, -0.1) is 0 Å². The van der Waals surface area contributed by atoms with Crippen LogP contribution in [0, 0.1) is 15.9 Å². The number of nitro groups is 1. The summed E-state index contributed by atoms with van der Waals surface area (Å²) in [7, 11) is 0. The van der Waals surface area contributed by atoms with Crippen LogP contribution < -0.4 is 11.1 Å². The normalized spacial score (nSPS) is 12.6. The molecular formula is C14H20FN3O4. The van der Waals surface area contributed by atoms with E-state index in [2.05, 4.69) is 5.32 Å². The Hall–Kier alpha value is -2.22. The number of non-ortho nitro benzene ring substituents is 1. The summed E-state index contributed by atoms with van der Waals surface area (Å²) in [5, 5.41) is 13.2. The molecule has 3 N–H and O–H groups in total. The molecule has 0 aromatic heterocycles. The van der Waals surface area contributed by atoms with Gasteiger partial charge >= 0.3 is 6.09 Å². The van der Waals surface area contributed by atoms with Crippen LogP contribution in [0.3, 0.4) is 0 Å². The third-order valence-electron chi connectivity index (χ3n) is 2.71. The van der Waals surface area contributed by atoms with E-state index in [4.69, 9.17) is 10.5 Å². The standard InChI is InChI=1S/C14H20FN3O4/c1-14(2,3)22-13(19)17-10(8-16)6-9-7-11(18(20)21)4-5-12(9)15/h4-5,7,10H,6,8,16H2,1-3H3,(H,17,19). The minimum absolute atomic E-state index is 0.0310. The lowest BCUT2D eigenvalue weighted by atomic mass is 10.0. The Morgan fingerprint density at radius 2 is 2.14 bits per heavy atom. The quantitative estimate of drug-likeness (QED) is 0.639. The molecule has 0 saturated carbocycles. The fourth-order valence-corrected chi connectivity index (χ4v) is 1.76. The number of alkyl carbamates (subject to hydrolysis) is 1. The van der Waals surface area contributed by atoms with Gasteiger partial charge in [0.25, 0.3) is 5.69 Å². The Bertz CT molecular complexity index is 558. The topological polar surface area (TPSA) is 107 Å². The lowest BCUT2D eigenvalue weighted by molar-refractivity contribution is -0.385. The van der Waals surface area contributed by atoms with Crippen molar-refractivity contribution in [3.63, 3.8) is 0 Å². The molecule has 0 aliphatic heterocycles. The van der Waals surface area contributed by atoms with Crippen LogP contribution >= 0.6 is 0 Å². The predicted octanol–water partition coefficient (Wildman–Crippen LogP) is 2.13. The van der Waals surface area contributed by atoms with E-state index in [1.807, 2.05) is 0 Å². The van der Waals surface area contributed by atoms with Crippen molar-refractivity contribution >= 4 is 11.8 Å². The van der Waals surface area contributed by atoms with Crippen molar-refractivity contribution in [2.75, 3.05) is 6.54 Å². The van der Waals surface area contributed by atoms with E-state index in [1.165, 1.54) is 0 Å². The average molecular weight is 313 g/mol. The Morgan fingerprint density at radius 1 is 1.50 bits per heavy atom. The summed E-state index contributed by atoms with van der Waals surface area (Å²) < 4.78 is 18.8. The number of nitrogens with two attached hydrogens (primary N) is 1. The third-order valence-corrected chi connectivity index (χ3v) is 2.71. The smallest absolute Gasteiger partial charge is 0.407 e. The van der Waals surface area contributed by atoms with Crippen molar-refractivity contribution < 1.29 is 18.8 Å². The van der Waals surface area contributed by atoms with Gasteiger partial charge in [0, 0.05) is 24.7 Å². The van der Waals surface area contributed by atoms with E-state index in [9.17, 15) is 19.3 Å². The second-order valence-corrected chi connectivity index (χ2v) is 5.82. The number of nitro benzene ring substituents is 1. The maximum Gasteiger partial charge on any atom is 0.407 e. The lowest BCUT2D eigenvalue weighted by Crippen LogP contribution is -2.44. The molecule has 0 aliphatic rings. The first-order chi connectivity index (χ1) is 10.1. The maximum atomic E-state index is 13.7. The molecule has 1 rings (SSSR count). The van der Waals surface area contributed by atoms with Crippen LogP contribution in [-0.2, 0) is 11.2 Å². The molecule has 0 fully saturated rings. The van der Waals surface area contributed by atoms with Gasteiger partial charge in [-0.3, -0.25) is 10.1 Å². The van der Waals surface area contributed by atoms with E-state index in [1.54, 1.807) is 20.8 Å². The molecule has 1 aromatic carbocycles. The number of nitrogens with one attached hydrogen (secondary N) is 1. The van der Waals surface area contributed by atoms with E-state index < -0.39 is 28.5 Å². The molecule has 0 bridgehead atoms. The zero-order valence-corrected chi connectivity index (χ0v) is 12.8. The molecule has 8 heteroatoms. The molecule has 1 unspecified atom stereocenters. The van der Waals surface area contributed by atoms with Crippen LogP contribution in [0.2, 0.25) is 0 Å². The molecule has 1 amide bonds. The van der Waals surface area contributed by atoms with E-state index >= 15 is 0 Å². The fraction of sp³-hybridized carbons (Fsp3) is 0.500. The van der Waals surface area contributed by atoms with Crippen molar-refractivity contribution in [1.29, 1.82) is 0 Å². The summed E-state index contributed by atoms with van der Waals surface area (Å²) in [5.74, 6) is -0.588. The first-order valence-corrected chi connectivity index (χ1v) is 6.75. The summed E-state index contributed by atoms with van der Waals surface area (Å²) in [4.78, 5) is 21.8. The second kappa shape index (κ2) is 7.17. The Balaban J connectivity index is 2.80. The van der Waals surface area contributed by atoms with Gasteiger partial charge in [0.1, 0.15) is 11.4 Å². The molecule has 1 atom stereocenters. The zero-order valence-electron chi connectivity index (χ0n) is 12.8. The molecular weight excluding hydrogens is 293 g/mol. The fourth-order valence-electron chi connectivity index (χ4n) is 1.76. The monoisotopic (exact) mass is 313 g/mol. The van der Waals surface area contributed by atoms with Crippen molar-refractivity contribution in [3.05, 3.63) is 39.7 Å². The number of ether oxygens (including phenoxy) is 1. The predicted molar refractivity (Wildman–Crippen MR) is 79.0 cm³/mol. The summed E-state index contributed by atoms with van der Waals surface area (Å²) in [6, 6.07) is 2.65. The van der Waals surface area contributed by atoms with Crippen LogP contribution in [-0.4, -0.2) is 29.2 Å². The number of rotatable bonds is 5. The number of carbonyl (C=O) groups excluding carboxylic acids is 1. The molecule has 0 spiro atoms. The maximum absolute atomic E-state index is 13.7. The van der Waals surface area contributed by atoms with Gasteiger partial charge in [-0.25, -0.2) is 9.18 Å². The lowest BCUT2D eigenvalue weighted by Gasteiger charge is -2.23. The van der Waals surface area contributed by atoms with Crippen LogP contribution in [0.15, 0.2) is 18.2 Å². The number of halogens is 1.